The van der Waals surface area contributed by atoms with Crippen LogP contribution in [0.15, 0.2) is 18.2 Å². The maximum absolute atomic E-state index is 8.83. The molecule has 1 aliphatic rings. The molecular formula is C14H21NO. The number of rotatable bonds is 4. The Morgan fingerprint density at radius 3 is 2.69 bits per heavy atom. The van der Waals surface area contributed by atoms with Crippen molar-refractivity contribution < 1.29 is 5.11 Å². The number of aliphatic hydroxyl groups excluding tert-OH is 1. The second kappa shape index (κ2) is 5.35. The van der Waals surface area contributed by atoms with Crippen LogP contribution in [0.2, 0.25) is 0 Å². The highest BCUT2D eigenvalue weighted by Crippen LogP contribution is 2.25. The summed E-state index contributed by atoms with van der Waals surface area (Å²) < 4.78 is 0. The molecule has 1 aliphatic carbocycles. The normalized spacial score (nSPS) is 14.6. The first kappa shape index (κ1) is 11.5. The molecule has 1 N–H and O–H groups in total. The standard InChI is InChI=1S/C14H21NO/c1-15(9-4-10-16)14-8-7-12-5-2-3-6-13(12)11-14/h7-8,11,16H,2-6,9-10H2,1H3. The first-order valence-corrected chi connectivity index (χ1v) is 6.25. The highest BCUT2D eigenvalue weighted by Gasteiger charge is 2.10. The van der Waals surface area contributed by atoms with E-state index in [0.717, 1.165) is 13.0 Å². The summed E-state index contributed by atoms with van der Waals surface area (Å²) in [6, 6.07) is 6.81. The van der Waals surface area contributed by atoms with Gasteiger partial charge in [0.15, 0.2) is 0 Å². The van der Waals surface area contributed by atoms with Crippen LogP contribution in [0.4, 0.5) is 5.69 Å². The molecule has 0 saturated carbocycles. The maximum Gasteiger partial charge on any atom is 0.0447 e. The van der Waals surface area contributed by atoms with E-state index in [-0.39, 0.29) is 6.61 Å². The Hall–Kier alpha value is -1.02. The highest BCUT2D eigenvalue weighted by molar-refractivity contribution is 5.51. The molecule has 2 nitrogen and oxygen atoms in total. The quantitative estimate of drug-likeness (QED) is 0.840. The zero-order valence-electron chi connectivity index (χ0n) is 10.1. The number of aliphatic hydroxyl groups is 1. The highest BCUT2D eigenvalue weighted by atomic mass is 16.3. The summed E-state index contributed by atoms with van der Waals surface area (Å²) in [4.78, 5) is 2.23. The van der Waals surface area contributed by atoms with E-state index < -0.39 is 0 Å². The van der Waals surface area contributed by atoms with Crippen molar-refractivity contribution >= 4 is 5.69 Å². The summed E-state index contributed by atoms with van der Waals surface area (Å²) in [5, 5.41) is 8.83. The lowest BCUT2D eigenvalue weighted by molar-refractivity contribution is 0.290. The van der Waals surface area contributed by atoms with Gasteiger partial charge in [-0.2, -0.15) is 0 Å². The van der Waals surface area contributed by atoms with Crippen molar-refractivity contribution in [2.24, 2.45) is 0 Å². The Labute approximate surface area is 97.9 Å². The summed E-state index contributed by atoms with van der Waals surface area (Å²) in [6.45, 7) is 1.20. The number of benzene rings is 1. The molecule has 88 valence electrons. The van der Waals surface area contributed by atoms with Crippen LogP contribution in [0, 0.1) is 0 Å². The van der Waals surface area contributed by atoms with Gasteiger partial charge < -0.3 is 10.0 Å². The van der Waals surface area contributed by atoms with Crippen LogP contribution < -0.4 is 4.90 Å². The van der Waals surface area contributed by atoms with Crippen LogP contribution >= 0.6 is 0 Å². The zero-order valence-corrected chi connectivity index (χ0v) is 10.1. The maximum atomic E-state index is 8.83. The number of hydrogen-bond acceptors (Lipinski definition) is 2. The molecule has 0 fully saturated rings. The third-order valence-corrected chi connectivity index (χ3v) is 3.42. The van der Waals surface area contributed by atoms with Gasteiger partial charge in [0.2, 0.25) is 0 Å². The smallest absolute Gasteiger partial charge is 0.0447 e. The number of anilines is 1. The van der Waals surface area contributed by atoms with Gasteiger partial charge in [-0.3, -0.25) is 0 Å². The lowest BCUT2D eigenvalue weighted by atomic mass is 9.91. The fourth-order valence-corrected chi connectivity index (χ4v) is 2.39. The van der Waals surface area contributed by atoms with E-state index in [2.05, 4.69) is 30.1 Å². The topological polar surface area (TPSA) is 23.5 Å². The van der Waals surface area contributed by atoms with E-state index in [9.17, 15) is 0 Å². The number of aryl methyl sites for hydroxylation is 2. The number of fused-ring (bicyclic) bond motifs is 1. The Bertz CT molecular complexity index is 349. The zero-order chi connectivity index (χ0) is 11.4. The van der Waals surface area contributed by atoms with E-state index in [1.54, 1.807) is 0 Å². The summed E-state index contributed by atoms with van der Waals surface area (Å²) in [7, 11) is 2.10. The average Bonchev–Trinajstić information content (AvgIpc) is 2.35. The molecule has 0 atom stereocenters. The predicted octanol–water partition coefficient (Wildman–Crippen LogP) is 2.38. The van der Waals surface area contributed by atoms with Gasteiger partial charge in [0.25, 0.3) is 0 Å². The van der Waals surface area contributed by atoms with Crippen LogP contribution in [0.1, 0.15) is 30.4 Å². The largest absolute Gasteiger partial charge is 0.396 e. The minimum absolute atomic E-state index is 0.273. The minimum atomic E-state index is 0.273. The molecule has 2 rings (SSSR count). The minimum Gasteiger partial charge on any atom is -0.396 e. The monoisotopic (exact) mass is 219 g/mol. The summed E-state index contributed by atoms with van der Waals surface area (Å²) in [5.41, 5.74) is 4.35. The average molecular weight is 219 g/mol. The lowest BCUT2D eigenvalue weighted by Crippen LogP contribution is -2.19. The van der Waals surface area contributed by atoms with Crippen molar-refractivity contribution in [3.05, 3.63) is 29.3 Å². The van der Waals surface area contributed by atoms with Gasteiger partial charge in [0, 0.05) is 25.9 Å². The van der Waals surface area contributed by atoms with Gasteiger partial charge in [-0.15, -0.1) is 0 Å². The van der Waals surface area contributed by atoms with E-state index >= 15 is 0 Å². The number of nitrogens with zero attached hydrogens (tertiary/aromatic N) is 1. The third kappa shape index (κ3) is 2.56. The molecule has 1 aromatic rings. The molecule has 0 radical (unpaired) electrons. The van der Waals surface area contributed by atoms with Crippen molar-refractivity contribution in [3.63, 3.8) is 0 Å². The van der Waals surface area contributed by atoms with E-state index in [1.807, 2.05) is 0 Å². The van der Waals surface area contributed by atoms with Crippen LogP contribution in [-0.2, 0) is 12.8 Å². The van der Waals surface area contributed by atoms with Gasteiger partial charge in [-0.05, 0) is 55.4 Å². The molecule has 0 aromatic heterocycles. The van der Waals surface area contributed by atoms with Crippen molar-refractivity contribution in [3.8, 4) is 0 Å². The van der Waals surface area contributed by atoms with Crippen LogP contribution in [0.5, 0.6) is 0 Å². The first-order valence-electron chi connectivity index (χ1n) is 6.25. The molecular weight excluding hydrogens is 198 g/mol. The molecule has 0 saturated heterocycles. The first-order chi connectivity index (χ1) is 7.81. The van der Waals surface area contributed by atoms with Crippen molar-refractivity contribution in [1.82, 2.24) is 0 Å². The molecule has 0 aliphatic heterocycles. The number of hydrogen-bond donors (Lipinski definition) is 1. The van der Waals surface area contributed by atoms with Gasteiger partial charge in [0.05, 0.1) is 0 Å². The van der Waals surface area contributed by atoms with Crippen molar-refractivity contribution in [2.45, 2.75) is 32.1 Å². The molecule has 0 unspecified atom stereocenters. The van der Waals surface area contributed by atoms with E-state index in [0.29, 0.717) is 0 Å². The van der Waals surface area contributed by atoms with E-state index in [1.165, 1.54) is 42.5 Å². The van der Waals surface area contributed by atoms with Crippen LogP contribution in [0.3, 0.4) is 0 Å². The Balaban J connectivity index is 2.10. The van der Waals surface area contributed by atoms with Gasteiger partial charge in [-0.25, -0.2) is 0 Å². The fourth-order valence-electron chi connectivity index (χ4n) is 2.39. The molecule has 0 heterocycles. The molecule has 0 spiro atoms. The Morgan fingerprint density at radius 2 is 1.94 bits per heavy atom. The van der Waals surface area contributed by atoms with Gasteiger partial charge in [-0.1, -0.05) is 6.07 Å². The van der Waals surface area contributed by atoms with Gasteiger partial charge in [0.1, 0.15) is 0 Å². The SMILES string of the molecule is CN(CCCO)c1ccc2c(c1)CCCC2. The predicted molar refractivity (Wildman–Crippen MR) is 68.1 cm³/mol. The molecule has 2 heteroatoms. The fraction of sp³-hybridized carbons (Fsp3) is 0.571. The van der Waals surface area contributed by atoms with Crippen LogP contribution in [0.25, 0.3) is 0 Å². The summed E-state index contributed by atoms with van der Waals surface area (Å²) >= 11 is 0. The molecule has 1 aromatic carbocycles. The Morgan fingerprint density at radius 1 is 1.19 bits per heavy atom. The second-order valence-corrected chi connectivity index (χ2v) is 4.66. The molecule has 0 bridgehead atoms. The van der Waals surface area contributed by atoms with Crippen molar-refractivity contribution in [1.29, 1.82) is 0 Å². The Kier molecular flexibility index (Phi) is 3.83. The van der Waals surface area contributed by atoms with Gasteiger partial charge >= 0.3 is 0 Å². The lowest BCUT2D eigenvalue weighted by Gasteiger charge is -2.22. The third-order valence-electron chi connectivity index (χ3n) is 3.42. The van der Waals surface area contributed by atoms with Crippen molar-refractivity contribution in [2.75, 3.05) is 25.1 Å². The molecule has 16 heavy (non-hydrogen) atoms. The summed E-state index contributed by atoms with van der Waals surface area (Å²) in [5.74, 6) is 0. The van der Waals surface area contributed by atoms with E-state index in [4.69, 9.17) is 5.11 Å². The molecule has 0 amide bonds. The summed E-state index contributed by atoms with van der Waals surface area (Å²) in [6.07, 6.45) is 5.99. The second-order valence-electron chi connectivity index (χ2n) is 4.66. The van der Waals surface area contributed by atoms with Crippen LogP contribution in [-0.4, -0.2) is 25.3 Å².